The van der Waals surface area contributed by atoms with Crippen molar-refractivity contribution >= 4 is 11.6 Å². The van der Waals surface area contributed by atoms with Crippen LogP contribution in [0.15, 0.2) is 18.3 Å². The predicted molar refractivity (Wildman–Crippen MR) is 65.1 cm³/mol. The highest BCUT2D eigenvalue weighted by molar-refractivity contribution is 5.90. The minimum Gasteiger partial charge on any atom is -0.383 e. The first-order valence-electron chi connectivity index (χ1n) is 5.26. The van der Waals surface area contributed by atoms with E-state index in [9.17, 15) is 4.79 Å². The first-order chi connectivity index (χ1) is 7.35. The summed E-state index contributed by atoms with van der Waals surface area (Å²) in [7, 11) is 3.79. The molecule has 2 N–H and O–H groups in total. The summed E-state index contributed by atoms with van der Waals surface area (Å²) in [6, 6.07) is 3.63. The molecule has 0 aliphatic carbocycles. The van der Waals surface area contributed by atoms with Gasteiger partial charge in [-0.1, -0.05) is 6.07 Å². The summed E-state index contributed by atoms with van der Waals surface area (Å²) < 4.78 is 0. The predicted octanol–water partition coefficient (Wildman–Crippen LogP) is 1.12. The number of pyridine rings is 1. The number of carbonyl (C=O) groups is 1. The van der Waals surface area contributed by atoms with Crippen molar-refractivity contribution in [1.82, 2.24) is 9.88 Å². The summed E-state index contributed by atoms with van der Waals surface area (Å²) in [6.45, 7) is 3.81. The summed E-state index contributed by atoms with van der Waals surface area (Å²) >= 11 is 0. The Labute approximate surface area is 96.5 Å². The lowest BCUT2D eigenvalue weighted by Gasteiger charge is -2.31. The zero-order valence-corrected chi connectivity index (χ0v) is 10.3. The van der Waals surface area contributed by atoms with Crippen molar-refractivity contribution in [1.29, 1.82) is 0 Å². The quantitative estimate of drug-likeness (QED) is 0.827. The SMILES string of the molecule is CN(C)C(C)(C)C(=O)Cc1cccnc1N. The highest BCUT2D eigenvalue weighted by Gasteiger charge is 2.29. The van der Waals surface area contributed by atoms with Gasteiger partial charge in [0.25, 0.3) is 0 Å². The van der Waals surface area contributed by atoms with E-state index in [2.05, 4.69) is 4.98 Å². The van der Waals surface area contributed by atoms with E-state index in [0.29, 0.717) is 12.2 Å². The van der Waals surface area contributed by atoms with Crippen LogP contribution in [0.3, 0.4) is 0 Å². The van der Waals surface area contributed by atoms with Gasteiger partial charge in [0.1, 0.15) is 5.82 Å². The van der Waals surface area contributed by atoms with Crippen molar-refractivity contribution in [2.45, 2.75) is 25.8 Å². The molecule has 1 aromatic heterocycles. The van der Waals surface area contributed by atoms with Crippen LogP contribution in [-0.2, 0) is 11.2 Å². The van der Waals surface area contributed by atoms with E-state index in [-0.39, 0.29) is 5.78 Å². The van der Waals surface area contributed by atoms with Gasteiger partial charge in [0, 0.05) is 18.2 Å². The van der Waals surface area contributed by atoms with E-state index in [4.69, 9.17) is 5.73 Å². The molecule has 0 fully saturated rings. The molecule has 88 valence electrons. The number of Topliss-reactive ketones (excluding diaryl/α,β-unsaturated/α-hetero) is 1. The summed E-state index contributed by atoms with van der Waals surface area (Å²) in [5.41, 5.74) is 6.02. The van der Waals surface area contributed by atoms with E-state index < -0.39 is 5.54 Å². The minimum atomic E-state index is -0.484. The molecule has 0 saturated carbocycles. The van der Waals surface area contributed by atoms with E-state index in [0.717, 1.165) is 5.56 Å². The molecule has 0 radical (unpaired) electrons. The van der Waals surface area contributed by atoms with Crippen molar-refractivity contribution in [3.63, 3.8) is 0 Å². The number of ketones is 1. The first-order valence-corrected chi connectivity index (χ1v) is 5.26. The summed E-state index contributed by atoms with van der Waals surface area (Å²) in [6.07, 6.45) is 1.95. The van der Waals surface area contributed by atoms with Gasteiger partial charge in [0.05, 0.1) is 5.54 Å². The molecule has 0 saturated heterocycles. The molecule has 16 heavy (non-hydrogen) atoms. The number of nitrogens with zero attached hydrogens (tertiary/aromatic N) is 2. The molecule has 0 aliphatic rings. The number of aromatic nitrogens is 1. The van der Waals surface area contributed by atoms with Crippen molar-refractivity contribution < 1.29 is 4.79 Å². The Hall–Kier alpha value is -1.42. The number of carbonyl (C=O) groups excluding carboxylic acids is 1. The Kier molecular flexibility index (Phi) is 3.65. The number of nitrogens with two attached hydrogens (primary N) is 1. The number of likely N-dealkylation sites (N-methyl/N-ethyl adjacent to an activating group) is 1. The molecule has 4 nitrogen and oxygen atoms in total. The minimum absolute atomic E-state index is 0.136. The summed E-state index contributed by atoms with van der Waals surface area (Å²) in [5.74, 6) is 0.572. The Morgan fingerprint density at radius 2 is 2.12 bits per heavy atom. The van der Waals surface area contributed by atoms with Gasteiger partial charge in [-0.2, -0.15) is 0 Å². The zero-order chi connectivity index (χ0) is 12.3. The van der Waals surface area contributed by atoms with Crippen molar-refractivity contribution in [3.05, 3.63) is 23.9 Å². The summed E-state index contributed by atoms with van der Waals surface area (Å²) in [4.78, 5) is 18.0. The van der Waals surface area contributed by atoms with Gasteiger partial charge in [-0.25, -0.2) is 4.98 Å². The van der Waals surface area contributed by atoms with Crippen LogP contribution < -0.4 is 5.73 Å². The number of rotatable bonds is 4. The van der Waals surface area contributed by atoms with Gasteiger partial charge >= 0.3 is 0 Å². The second-order valence-corrected chi connectivity index (χ2v) is 4.60. The number of hydrogen-bond acceptors (Lipinski definition) is 4. The van der Waals surface area contributed by atoms with E-state index in [1.807, 2.05) is 38.9 Å². The van der Waals surface area contributed by atoms with Gasteiger partial charge in [-0.3, -0.25) is 9.69 Å². The van der Waals surface area contributed by atoms with E-state index in [1.54, 1.807) is 12.3 Å². The third-order valence-corrected chi connectivity index (χ3v) is 3.08. The normalized spacial score (nSPS) is 11.8. The van der Waals surface area contributed by atoms with Crippen molar-refractivity contribution in [3.8, 4) is 0 Å². The van der Waals surface area contributed by atoms with Crippen molar-refractivity contribution in [2.24, 2.45) is 0 Å². The lowest BCUT2D eigenvalue weighted by molar-refractivity contribution is -0.127. The molecule has 0 aliphatic heterocycles. The Morgan fingerprint density at radius 3 is 2.62 bits per heavy atom. The maximum absolute atomic E-state index is 12.1. The van der Waals surface area contributed by atoms with Gasteiger partial charge in [-0.05, 0) is 34.0 Å². The van der Waals surface area contributed by atoms with Crippen LogP contribution in [0.1, 0.15) is 19.4 Å². The van der Waals surface area contributed by atoms with Crippen LogP contribution in [0.2, 0.25) is 0 Å². The number of hydrogen-bond donors (Lipinski definition) is 1. The fourth-order valence-corrected chi connectivity index (χ4v) is 1.24. The topological polar surface area (TPSA) is 59.2 Å². The Morgan fingerprint density at radius 1 is 1.50 bits per heavy atom. The number of anilines is 1. The molecule has 0 aromatic carbocycles. The fourth-order valence-electron chi connectivity index (χ4n) is 1.24. The number of nitrogen functional groups attached to an aromatic ring is 1. The van der Waals surface area contributed by atoms with Crippen LogP contribution in [0.25, 0.3) is 0 Å². The molecular weight excluding hydrogens is 202 g/mol. The average Bonchev–Trinajstić information content (AvgIpc) is 2.21. The van der Waals surface area contributed by atoms with Gasteiger partial charge in [0.15, 0.2) is 5.78 Å². The van der Waals surface area contributed by atoms with Crippen LogP contribution in [0.5, 0.6) is 0 Å². The second kappa shape index (κ2) is 4.61. The van der Waals surface area contributed by atoms with Crippen molar-refractivity contribution in [2.75, 3.05) is 19.8 Å². The van der Waals surface area contributed by atoms with Crippen LogP contribution in [0.4, 0.5) is 5.82 Å². The Bertz CT molecular complexity index is 386. The first kappa shape index (κ1) is 12.6. The fraction of sp³-hybridized carbons (Fsp3) is 0.500. The molecular formula is C12H19N3O. The highest BCUT2D eigenvalue weighted by Crippen LogP contribution is 2.17. The van der Waals surface area contributed by atoms with Gasteiger partial charge in [0.2, 0.25) is 0 Å². The molecule has 1 aromatic rings. The second-order valence-electron chi connectivity index (χ2n) is 4.60. The zero-order valence-electron chi connectivity index (χ0n) is 10.3. The monoisotopic (exact) mass is 221 g/mol. The van der Waals surface area contributed by atoms with Crippen LogP contribution in [-0.4, -0.2) is 35.3 Å². The maximum atomic E-state index is 12.1. The van der Waals surface area contributed by atoms with E-state index >= 15 is 0 Å². The molecule has 0 unspecified atom stereocenters. The molecule has 0 spiro atoms. The smallest absolute Gasteiger partial charge is 0.156 e. The van der Waals surface area contributed by atoms with Crippen LogP contribution >= 0.6 is 0 Å². The Balaban J connectivity index is 2.84. The molecule has 0 atom stereocenters. The summed E-state index contributed by atoms with van der Waals surface area (Å²) in [5, 5.41) is 0. The highest BCUT2D eigenvalue weighted by atomic mass is 16.1. The third-order valence-electron chi connectivity index (χ3n) is 3.08. The molecule has 0 bridgehead atoms. The lowest BCUT2D eigenvalue weighted by Crippen LogP contribution is -2.46. The van der Waals surface area contributed by atoms with Gasteiger partial charge in [-0.15, -0.1) is 0 Å². The standard InChI is InChI=1S/C12H19N3O/c1-12(2,15(3)4)10(16)8-9-6-5-7-14-11(9)13/h5-7H,8H2,1-4H3,(H2,13,14). The molecule has 0 amide bonds. The molecule has 1 heterocycles. The maximum Gasteiger partial charge on any atom is 0.156 e. The molecule has 4 heteroatoms. The lowest BCUT2D eigenvalue weighted by atomic mass is 9.93. The van der Waals surface area contributed by atoms with Crippen LogP contribution in [0, 0.1) is 0 Å². The molecule has 1 rings (SSSR count). The van der Waals surface area contributed by atoms with E-state index in [1.165, 1.54) is 0 Å². The third kappa shape index (κ3) is 2.58. The largest absolute Gasteiger partial charge is 0.383 e. The van der Waals surface area contributed by atoms with Gasteiger partial charge < -0.3 is 5.73 Å². The average molecular weight is 221 g/mol.